The summed E-state index contributed by atoms with van der Waals surface area (Å²) in [5, 5.41) is 10.9. The molecule has 2 aromatic carbocycles. The van der Waals surface area contributed by atoms with Gasteiger partial charge in [-0.3, -0.25) is 0 Å². The first-order valence-corrected chi connectivity index (χ1v) is 10.8. The van der Waals surface area contributed by atoms with Crippen molar-refractivity contribution in [2.45, 2.75) is 50.8 Å². The SMILES string of the molecule is Cc1ccc(F)cc1C(C)(C)CC(O)(Cc1cc2nc(-c3ccccc3)ncc2[nH]1)C(F)(F)F. The molecular weight excluding hydrogens is 446 g/mol. The second-order valence-corrected chi connectivity index (χ2v) is 9.38. The molecule has 0 spiro atoms. The molecule has 4 nitrogen and oxygen atoms in total. The second kappa shape index (κ2) is 8.51. The van der Waals surface area contributed by atoms with Crippen molar-refractivity contribution >= 4 is 11.0 Å². The van der Waals surface area contributed by atoms with Gasteiger partial charge in [0, 0.05) is 17.7 Å². The highest BCUT2D eigenvalue weighted by molar-refractivity contribution is 5.77. The van der Waals surface area contributed by atoms with Crippen LogP contribution in [0.4, 0.5) is 17.6 Å². The van der Waals surface area contributed by atoms with E-state index in [4.69, 9.17) is 0 Å². The maximum Gasteiger partial charge on any atom is 0.417 e. The minimum absolute atomic E-state index is 0.182. The van der Waals surface area contributed by atoms with Crippen LogP contribution in [0.3, 0.4) is 0 Å². The predicted molar refractivity (Wildman–Crippen MR) is 123 cm³/mol. The van der Waals surface area contributed by atoms with Gasteiger partial charge in [-0.1, -0.05) is 50.2 Å². The number of H-pyrrole nitrogens is 1. The highest BCUT2D eigenvalue weighted by atomic mass is 19.4. The fraction of sp³-hybridized carbons (Fsp3) is 0.308. The third kappa shape index (κ3) is 4.68. The summed E-state index contributed by atoms with van der Waals surface area (Å²) in [6.07, 6.45) is -4.75. The maximum absolute atomic E-state index is 14.2. The summed E-state index contributed by atoms with van der Waals surface area (Å²) in [6.45, 7) is 4.87. The molecule has 1 unspecified atom stereocenters. The lowest BCUT2D eigenvalue weighted by atomic mass is 9.72. The third-order valence-electron chi connectivity index (χ3n) is 6.13. The molecular formula is C26H25F4N3O. The molecule has 0 aliphatic heterocycles. The van der Waals surface area contributed by atoms with Crippen molar-refractivity contribution in [3.05, 3.63) is 83.4 Å². The van der Waals surface area contributed by atoms with Gasteiger partial charge in [0.1, 0.15) is 5.82 Å². The average molecular weight is 471 g/mol. The van der Waals surface area contributed by atoms with Crippen molar-refractivity contribution in [2.24, 2.45) is 0 Å². The van der Waals surface area contributed by atoms with Gasteiger partial charge in [0.15, 0.2) is 11.4 Å². The Morgan fingerprint density at radius 1 is 1.00 bits per heavy atom. The molecule has 0 bridgehead atoms. The van der Waals surface area contributed by atoms with E-state index in [-0.39, 0.29) is 5.69 Å². The van der Waals surface area contributed by atoms with Gasteiger partial charge in [0.2, 0.25) is 0 Å². The molecule has 8 heteroatoms. The fourth-order valence-corrected chi connectivity index (χ4v) is 4.52. The van der Waals surface area contributed by atoms with Gasteiger partial charge in [-0.05, 0) is 48.1 Å². The summed E-state index contributed by atoms with van der Waals surface area (Å²) in [4.78, 5) is 11.6. The zero-order chi connectivity index (χ0) is 24.7. The Labute approximate surface area is 194 Å². The molecule has 0 aliphatic rings. The number of halogens is 4. The molecule has 4 rings (SSSR count). The number of nitrogens with one attached hydrogen (secondary N) is 1. The summed E-state index contributed by atoms with van der Waals surface area (Å²) in [6, 6.07) is 14.8. The van der Waals surface area contributed by atoms with Crippen LogP contribution >= 0.6 is 0 Å². The van der Waals surface area contributed by atoms with E-state index in [1.165, 1.54) is 30.5 Å². The summed E-state index contributed by atoms with van der Waals surface area (Å²) in [5.74, 6) is -0.0833. The molecule has 0 aliphatic carbocycles. The molecule has 0 fully saturated rings. The van der Waals surface area contributed by atoms with Crippen LogP contribution in [0.15, 0.2) is 60.8 Å². The number of fused-ring (bicyclic) bond motifs is 1. The minimum Gasteiger partial charge on any atom is -0.380 e. The van der Waals surface area contributed by atoms with Crippen molar-refractivity contribution < 1.29 is 22.7 Å². The van der Waals surface area contributed by atoms with Gasteiger partial charge in [-0.2, -0.15) is 13.2 Å². The normalized spacial score (nSPS) is 14.4. The molecule has 0 radical (unpaired) electrons. The minimum atomic E-state index is -4.91. The lowest BCUT2D eigenvalue weighted by Gasteiger charge is -2.38. The number of rotatable bonds is 6. The van der Waals surface area contributed by atoms with Crippen molar-refractivity contribution in [2.75, 3.05) is 0 Å². The first-order chi connectivity index (χ1) is 15.9. The lowest BCUT2D eigenvalue weighted by molar-refractivity contribution is -0.266. The van der Waals surface area contributed by atoms with Crippen LogP contribution in [-0.2, 0) is 11.8 Å². The number of hydrogen-bond donors (Lipinski definition) is 2. The first kappa shape index (κ1) is 23.9. The molecule has 1 atom stereocenters. The summed E-state index contributed by atoms with van der Waals surface area (Å²) >= 11 is 0. The Morgan fingerprint density at radius 2 is 1.71 bits per heavy atom. The molecule has 4 aromatic rings. The fourth-order valence-electron chi connectivity index (χ4n) is 4.52. The maximum atomic E-state index is 14.2. The van der Waals surface area contributed by atoms with Crippen LogP contribution in [0, 0.1) is 12.7 Å². The van der Waals surface area contributed by atoms with Crippen molar-refractivity contribution in [3.63, 3.8) is 0 Å². The third-order valence-corrected chi connectivity index (χ3v) is 6.13. The van der Waals surface area contributed by atoms with Crippen molar-refractivity contribution in [1.82, 2.24) is 15.0 Å². The van der Waals surface area contributed by atoms with Crippen LogP contribution < -0.4 is 0 Å². The van der Waals surface area contributed by atoms with E-state index in [2.05, 4.69) is 15.0 Å². The number of aliphatic hydroxyl groups is 1. The summed E-state index contributed by atoms with van der Waals surface area (Å²) in [5.41, 5.74) is -1.23. The highest BCUT2D eigenvalue weighted by Crippen LogP contribution is 2.44. The smallest absolute Gasteiger partial charge is 0.380 e. The number of aromatic nitrogens is 3. The number of aryl methyl sites for hydroxylation is 1. The Kier molecular flexibility index (Phi) is 5.97. The van der Waals surface area contributed by atoms with Crippen LogP contribution in [-0.4, -0.2) is 31.8 Å². The van der Waals surface area contributed by atoms with Crippen LogP contribution in [0.25, 0.3) is 22.4 Å². The van der Waals surface area contributed by atoms with Gasteiger partial charge in [0.05, 0.1) is 17.2 Å². The summed E-state index contributed by atoms with van der Waals surface area (Å²) < 4.78 is 56.4. The number of nitrogens with zero attached hydrogens (tertiary/aromatic N) is 2. The van der Waals surface area contributed by atoms with Crippen molar-refractivity contribution in [1.29, 1.82) is 0 Å². The first-order valence-electron chi connectivity index (χ1n) is 10.8. The van der Waals surface area contributed by atoms with Crippen molar-refractivity contribution in [3.8, 4) is 11.4 Å². The molecule has 2 N–H and O–H groups in total. The van der Waals surface area contributed by atoms with E-state index < -0.39 is 35.9 Å². The quantitative estimate of drug-likeness (QED) is 0.326. The van der Waals surface area contributed by atoms with Gasteiger partial charge in [-0.15, -0.1) is 0 Å². The van der Waals surface area contributed by atoms with Crippen LogP contribution in [0.5, 0.6) is 0 Å². The van der Waals surface area contributed by atoms with Crippen LogP contribution in [0.1, 0.15) is 37.1 Å². The van der Waals surface area contributed by atoms with E-state index in [9.17, 15) is 22.7 Å². The zero-order valence-corrected chi connectivity index (χ0v) is 19.0. The number of benzene rings is 2. The van der Waals surface area contributed by atoms with E-state index >= 15 is 0 Å². The summed E-state index contributed by atoms with van der Waals surface area (Å²) in [7, 11) is 0. The van der Waals surface area contributed by atoms with Gasteiger partial charge >= 0.3 is 6.18 Å². The topological polar surface area (TPSA) is 61.8 Å². The second-order valence-electron chi connectivity index (χ2n) is 9.38. The molecule has 0 saturated carbocycles. The van der Waals surface area contributed by atoms with Gasteiger partial charge in [0.25, 0.3) is 0 Å². The zero-order valence-electron chi connectivity index (χ0n) is 19.0. The van der Waals surface area contributed by atoms with Gasteiger partial charge < -0.3 is 10.1 Å². The molecule has 0 saturated heterocycles. The standard InChI is InChI=1S/C26H25F4N3O/c1-16-9-10-18(27)11-20(16)24(2,3)15-25(34,26(28,29)30)13-19-12-21-22(32-19)14-31-23(33-21)17-7-5-4-6-8-17/h4-12,14,32,34H,13,15H2,1-3H3. The monoisotopic (exact) mass is 471 g/mol. The Balaban J connectivity index is 1.67. The number of aromatic amines is 1. The Bertz CT molecular complexity index is 1310. The van der Waals surface area contributed by atoms with E-state index in [1.54, 1.807) is 20.8 Å². The molecule has 0 amide bonds. The van der Waals surface area contributed by atoms with Crippen LogP contribution in [0.2, 0.25) is 0 Å². The number of alkyl halides is 3. The molecule has 34 heavy (non-hydrogen) atoms. The van der Waals surface area contributed by atoms with E-state index in [0.717, 1.165) is 5.56 Å². The van der Waals surface area contributed by atoms with E-state index in [1.807, 2.05) is 30.3 Å². The van der Waals surface area contributed by atoms with Gasteiger partial charge in [-0.25, -0.2) is 14.4 Å². The highest BCUT2D eigenvalue weighted by Gasteiger charge is 2.56. The largest absolute Gasteiger partial charge is 0.417 e. The van der Waals surface area contributed by atoms with E-state index in [0.29, 0.717) is 28.0 Å². The molecule has 178 valence electrons. The Hall–Kier alpha value is -3.26. The predicted octanol–water partition coefficient (Wildman–Crippen LogP) is 6.28. The average Bonchev–Trinajstić information content (AvgIpc) is 3.15. The number of hydrogen-bond acceptors (Lipinski definition) is 3. The molecule has 2 aromatic heterocycles. The Morgan fingerprint density at radius 3 is 2.38 bits per heavy atom. The lowest BCUT2D eigenvalue weighted by Crippen LogP contribution is -2.51. The molecule has 2 heterocycles.